The number of carboxylic acid groups (broad SMARTS) is 1. The first-order chi connectivity index (χ1) is 10.3. The Hall–Kier alpha value is -1.30. The lowest BCUT2D eigenvalue weighted by Gasteiger charge is -2.40. The van der Waals surface area contributed by atoms with Crippen molar-refractivity contribution < 1.29 is 19.4 Å². The van der Waals surface area contributed by atoms with Crippen molar-refractivity contribution in [2.75, 3.05) is 26.2 Å². The number of carboxylic acids is 1. The molecule has 0 bridgehead atoms. The van der Waals surface area contributed by atoms with Crippen LogP contribution in [0.5, 0.6) is 0 Å². The lowest BCUT2D eigenvalue weighted by Crippen LogP contribution is -2.59. The van der Waals surface area contributed by atoms with Gasteiger partial charge in [0.05, 0.1) is 6.54 Å². The smallest absolute Gasteiger partial charge is 0.410 e. The standard InChI is InChI=1S/C16H28N2O4/c1-16(2,3)22-15(21)18-9-8-17(13(11-18)14(19)20)10-12-6-4-5-7-12/h12-13H,4-11H2,1-3H3,(H,19,20)/t13-/m1/s1. The molecule has 0 spiro atoms. The maximum atomic E-state index is 12.1. The quantitative estimate of drug-likeness (QED) is 0.865. The lowest BCUT2D eigenvalue weighted by molar-refractivity contribution is -0.145. The summed E-state index contributed by atoms with van der Waals surface area (Å²) in [6.45, 7) is 7.62. The molecule has 0 aromatic carbocycles. The third-order valence-electron chi connectivity index (χ3n) is 4.40. The Labute approximate surface area is 132 Å². The van der Waals surface area contributed by atoms with Gasteiger partial charge in [0, 0.05) is 19.6 Å². The Morgan fingerprint density at radius 2 is 1.82 bits per heavy atom. The summed E-state index contributed by atoms with van der Waals surface area (Å²) in [6, 6.07) is -0.623. The van der Waals surface area contributed by atoms with Crippen molar-refractivity contribution in [1.82, 2.24) is 9.80 Å². The highest BCUT2D eigenvalue weighted by molar-refractivity contribution is 5.76. The van der Waals surface area contributed by atoms with Crippen LogP contribution in [0.25, 0.3) is 0 Å². The fourth-order valence-corrected chi connectivity index (χ4v) is 3.29. The molecular formula is C16H28N2O4. The van der Waals surface area contributed by atoms with Crippen molar-refractivity contribution in [3.05, 3.63) is 0 Å². The Kier molecular flexibility index (Phi) is 5.32. The molecule has 1 atom stereocenters. The first kappa shape index (κ1) is 17.1. The van der Waals surface area contributed by atoms with E-state index in [0.29, 0.717) is 19.0 Å². The molecule has 1 aliphatic carbocycles. The van der Waals surface area contributed by atoms with E-state index >= 15 is 0 Å². The van der Waals surface area contributed by atoms with Gasteiger partial charge in [0.15, 0.2) is 0 Å². The van der Waals surface area contributed by atoms with Gasteiger partial charge in [0.25, 0.3) is 0 Å². The highest BCUT2D eigenvalue weighted by atomic mass is 16.6. The van der Waals surface area contributed by atoms with E-state index in [0.717, 1.165) is 6.54 Å². The number of carbonyl (C=O) groups excluding carboxylic acids is 1. The zero-order valence-corrected chi connectivity index (χ0v) is 13.9. The van der Waals surface area contributed by atoms with Crippen LogP contribution in [0.3, 0.4) is 0 Å². The van der Waals surface area contributed by atoms with E-state index in [1.807, 2.05) is 25.7 Å². The number of rotatable bonds is 3. The summed E-state index contributed by atoms with van der Waals surface area (Å²) in [4.78, 5) is 27.2. The number of ether oxygens (including phenoxy) is 1. The highest BCUT2D eigenvalue weighted by Crippen LogP contribution is 2.27. The third-order valence-corrected chi connectivity index (χ3v) is 4.40. The second-order valence-corrected chi connectivity index (χ2v) is 7.43. The Bertz CT molecular complexity index is 413. The van der Waals surface area contributed by atoms with Gasteiger partial charge in [0.2, 0.25) is 0 Å². The summed E-state index contributed by atoms with van der Waals surface area (Å²) in [5.41, 5.74) is -0.559. The summed E-state index contributed by atoms with van der Waals surface area (Å²) < 4.78 is 5.35. The Morgan fingerprint density at radius 3 is 2.36 bits per heavy atom. The van der Waals surface area contributed by atoms with Crippen LogP contribution in [0, 0.1) is 5.92 Å². The Morgan fingerprint density at radius 1 is 1.18 bits per heavy atom. The minimum atomic E-state index is -0.855. The van der Waals surface area contributed by atoms with Crippen LogP contribution in [0.1, 0.15) is 46.5 Å². The molecule has 0 unspecified atom stereocenters. The molecule has 1 heterocycles. The Balaban J connectivity index is 1.95. The second kappa shape index (κ2) is 6.86. The van der Waals surface area contributed by atoms with Crippen LogP contribution < -0.4 is 0 Å². The molecule has 2 fully saturated rings. The second-order valence-electron chi connectivity index (χ2n) is 7.43. The zero-order valence-electron chi connectivity index (χ0n) is 13.9. The van der Waals surface area contributed by atoms with Gasteiger partial charge < -0.3 is 14.7 Å². The first-order valence-corrected chi connectivity index (χ1v) is 8.21. The summed E-state index contributed by atoms with van der Waals surface area (Å²) in [7, 11) is 0. The van der Waals surface area contributed by atoms with Gasteiger partial charge in [-0.15, -0.1) is 0 Å². The van der Waals surface area contributed by atoms with E-state index in [4.69, 9.17) is 4.74 Å². The van der Waals surface area contributed by atoms with Gasteiger partial charge in [-0.25, -0.2) is 4.79 Å². The first-order valence-electron chi connectivity index (χ1n) is 8.21. The average Bonchev–Trinajstić information content (AvgIpc) is 2.89. The maximum Gasteiger partial charge on any atom is 0.410 e. The molecule has 0 aromatic rings. The van der Waals surface area contributed by atoms with Gasteiger partial charge in [-0.05, 0) is 39.5 Å². The van der Waals surface area contributed by atoms with E-state index in [-0.39, 0.29) is 6.54 Å². The highest BCUT2D eigenvalue weighted by Gasteiger charge is 2.36. The predicted octanol–water partition coefficient (Wildman–Crippen LogP) is 2.18. The molecule has 2 rings (SSSR count). The molecule has 1 saturated carbocycles. The SMILES string of the molecule is CC(C)(C)OC(=O)N1CCN(CC2CCCC2)[C@@H](C(=O)O)C1. The van der Waals surface area contributed by atoms with E-state index in [2.05, 4.69) is 0 Å². The van der Waals surface area contributed by atoms with Gasteiger partial charge in [-0.3, -0.25) is 9.69 Å². The van der Waals surface area contributed by atoms with Crippen LogP contribution in [0.4, 0.5) is 4.79 Å². The average molecular weight is 312 g/mol. The van der Waals surface area contributed by atoms with Crippen molar-refractivity contribution in [1.29, 1.82) is 0 Å². The molecule has 0 aromatic heterocycles. The molecule has 2 aliphatic rings. The lowest BCUT2D eigenvalue weighted by atomic mass is 10.0. The molecule has 0 radical (unpaired) electrons. The van der Waals surface area contributed by atoms with Crippen LogP contribution in [-0.4, -0.2) is 64.8 Å². The summed E-state index contributed by atoms with van der Waals surface area (Å²) in [5, 5.41) is 9.49. The molecule has 1 amide bonds. The number of aliphatic carboxylic acids is 1. The van der Waals surface area contributed by atoms with Crippen LogP contribution in [0.2, 0.25) is 0 Å². The largest absolute Gasteiger partial charge is 0.480 e. The zero-order chi connectivity index (χ0) is 16.3. The minimum Gasteiger partial charge on any atom is -0.480 e. The summed E-state index contributed by atoms with van der Waals surface area (Å²) in [6.07, 6.45) is 4.47. The van der Waals surface area contributed by atoms with Crippen molar-refractivity contribution in [2.24, 2.45) is 5.92 Å². The van der Waals surface area contributed by atoms with Crippen LogP contribution in [-0.2, 0) is 9.53 Å². The van der Waals surface area contributed by atoms with E-state index in [1.165, 1.54) is 30.6 Å². The molecule has 1 aliphatic heterocycles. The fraction of sp³-hybridized carbons (Fsp3) is 0.875. The number of amides is 1. The normalized spacial score (nSPS) is 24.5. The predicted molar refractivity (Wildman–Crippen MR) is 82.8 cm³/mol. The van der Waals surface area contributed by atoms with Crippen molar-refractivity contribution >= 4 is 12.1 Å². The van der Waals surface area contributed by atoms with Gasteiger partial charge in [-0.2, -0.15) is 0 Å². The van der Waals surface area contributed by atoms with E-state index in [1.54, 1.807) is 0 Å². The molecule has 126 valence electrons. The van der Waals surface area contributed by atoms with Gasteiger partial charge in [-0.1, -0.05) is 12.8 Å². The molecular weight excluding hydrogens is 284 g/mol. The van der Waals surface area contributed by atoms with Crippen molar-refractivity contribution in [3.8, 4) is 0 Å². The molecule has 1 N–H and O–H groups in total. The van der Waals surface area contributed by atoms with Crippen LogP contribution >= 0.6 is 0 Å². The van der Waals surface area contributed by atoms with Crippen LogP contribution in [0.15, 0.2) is 0 Å². The maximum absolute atomic E-state index is 12.1. The number of carbonyl (C=O) groups is 2. The summed E-state index contributed by atoms with van der Waals surface area (Å²) in [5.74, 6) is -0.249. The number of piperazine rings is 1. The van der Waals surface area contributed by atoms with E-state index in [9.17, 15) is 14.7 Å². The number of nitrogens with zero attached hydrogens (tertiary/aromatic N) is 2. The van der Waals surface area contributed by atoms with Crippen molar-refractivity contribution in [3.63, 3.8) is 0 Å². The fourth-order valence-electron chi connectivity index (χ4n) is 3.29. The molecule has 6 nitrogen and oxygen atoms in total. The van der Waals surface area contributed by atoms with Gasteiger partial charge >= 0.3 is 12.1 Å². The van der Waals surface area contributed by atoms with E-state index < -0.39 is 23.7 Å². The minimum absolute atomic E-state index is 0.205. The van der Waals surface area contributed by atoms with Gasteiger partial charge in [0.1, 0.15) is 11.6 Å². The number of hydrogen-bond donors (Lipinski definition) is 1. The number of hydrogen-bond acceptors (Lipinski definition) is 4. The molecule has 22 heavy (non-hydrogen) atoms. The topological polar surface area (TPSA) is 70.1 Å². The molecule has 6 heteroatoms. The third kappa shape index (κ3) is 4.60. The summed E-state index contributed by atoms with van der Waals surface area (Å²) >= 11 is 0. The van der Waals surface area contributed by atoms with Crippen molar-refractivity contribution in [2.45, 2.75) is 58.1 Å². The monoisotopic (exact) mass is 312 g/mol. The molecule has 1 saturated heterocycles.